The van der Waals surface area contributed by atoms with Crippen molar-refractivity contribution < 1.29 is 19.1 Å². The van der Waals surface area contributed by atoms with Crippen molar-refractivity contribution in [2.75, 3.05) is 18.8 Å². The minimum atomic E-state index is -2.18. The fraction of sp³-hybridized carbons (Fsp3) is 0.414. The summed E-state index contributed by atoms with van der Waals surface area (Å²) in [5.41, 5.74) is 10.2. The van der Waals surface area contributed by atoms with Crippen LogP contribution in [0.4, 0.5) is 10.5 Å². The minimum Gasteiger partial charge on any atom is -0.488 e. The van der Waals surface area contributed by atoms with Gasteiger partial charge in [0.2, 0.25) is 0 Å². The third-order valence-electron chi connectivity index (χ3n) is 7.55. The third kappa shape index (κ3) is 6.52. The lowest BCUT2D eigenvalue weighted by Crippen LogP contribution is -2.46. The van der Waals surface area contributed by atoms with Crippen LogP contribution in [0, 0.1) is 0 Å². The summed E-state index contributed by atoms with van der Waals surface area (Å²) in [4.78, 5) is 22.5. The molecule has 202 valence electrons. The molecular weight excluding hydrogens is 496 g/mol. The topological polar surface area (TPSA) is 111 Å². The van der Waals surface area contributed by atoms with Crippen molar-refractivity contribution in [1.82, 2.24) is 14.9 Å². The fourth-order valence-corrected chi connectivity index (χ4v) is 5.57. The molecule has 0 fully saturated rings. The first kappa shape index (κ1) is 27.6. The Morgan fingerprint density at radius 3 is 2.66 bits per heavy atom. The van der Waals surface area contributed by atoms with Gasteiger partial charge in [-0.05, 0) is 78.5 Å². The number of ether oxygens (including phenoxy) is 1. The summed E-state index contributed by atoms with van der Waals surface area (Å²) < 4.78 is 13.0. The van der Waals surface area contributed by atoms with Crippen molar-refractivity contribution in [2.24, 2.45) is 0 Å². The van der Waals surface area contributed by atoms with Gasteiger partial charge in [-0.15, -0.1) is 0 Å². The van der Waals surface area contributed by atoms with Crippen molar-refractivity contribution >= 4 is 20.1 Å². The van der Waals surface area contributed by atoms with Crippen LogP contribution < -0.4 is 10.5 Å². The van der Waals surface area contributed by atoms with E-state index in [9.17, 15) is 9.90 Å². The Kier molecular flexibility index (Phi) is 8.08. The number of aryl methyl sites for hydroxylation is 1. The maximum atomic E-state index is 12.4. The van der Waals surface area contributed by atoms with Crippen LogP contribution in [0.5, 0.6) is 5.75 Å². The number of hydrogen-bond acceptors (Lipinski definition) is 6. The van der Waals surface area contributed by atoms with E-state index >= 15 is 0 Å². The first-order chi connectivity index (χ1) is 17.9. The second-order valence-corrected chi connectivity index (χ2v) is 16.2. The van der Waals surface area contributed by atoms with Crippen molar-refractivity contribution in [3.8, 4) is 17.0 Å². The minimum absolute atomic E-state index is 0.0154. The normalized spacial score (nSPS) is 16.3. The Balaban J connectivity index is 1.49. The number of rotatable bonds is 8. The number of benzene rings is 1. The van der Waals surface area contributed by atoms with Gasteiger partial charge < -0.3 is 24.9 Å². The number of carbonyl (C=O) groups is 1. The van der Waals surface area contributed by atoms with Gasteiger partial charge in [-0.25, -0.2) is 4.79 Å². The number of fused-ring (bicyclic) bond motifs is 1. The van der Waals surface area contributed by atoms with E-state index in [1.165, 1.54) is 4.90 Å². The van der Waals surface area contributed by atoms with E-state index in [0.29, 0.717) is 5.69 Å². The molecule has 0 radical (unpaired) electrons. The van der Waals surface area contributed by atoms with Crippen LogP contribution in [0.2, 0.25) is 18.1 Å². The summed E-state index contributed by atoms with van der Waals surface area (Å²) in [6.07, 6.45) is 4.99. The maximum absolute atomic E-state index is 12.4. The van der Waals surface area contributed by atoms with Crippen LogP contribution >= 0.6 is 0 Å². The lowest BCUT2D eigenvalue weighted by Gasteiger charge is -2.40. The quantitative estimate of drug-likeness (QED) is 0.333. The van der Waals surface area contributed by atoms with Gasteiger partial charge in [0.1, 0.15) is 11.9 Å². The van der Waals surface area contributed by atoms with Crippen LogP contribution in [0.1, 0.15) is 44.4 Å². The molecule has 2 atom stereocenters. The molecule has 0 spiro atoms. The summed E-state index contributed by atoms with van der Waals surface area (Å²) in [7, 11) is -2.18. The zero-order chi connectivity index (χ0) is 27.5. The molecule has 0 unspecified atom stereocenters. The first-order valence-electron chi connectivity index (χ1n) is 13.0. The van der Waals surface area contributed by atoms with Crippen molar-refractivity contribution in [1.29, 1.82) is 0 Å². The molecule has 1 aromatic carbocycles. The van der Waals surface area contributed by atoms with Gasteiger partial charge in [0, 0.05) is 18.0 Å². The smallest absolute Gasteiger partial charge is 0.407 e. The van der Waals surface area contributed by atoms with Gasteiger partial charge in [-0.3, -0.25) is 9.97 Å². The number of carboxylic acid groups (broad SMARTS) is 1. The van der Waals surface area contributed by atoms with Gasteiger partial charge >= 0.3 is 6.09 Å². The molecule has 0 bridgehead atoms. The molecule has 38 heavy (non-hydrogen) atoms. The van der Waals surface area contributed by atoms with Crippen LogP contribution in [0.25, 0.3) is 11.3 Å². The number of nitrogen functional groups attached to an aromatic ring is 1. The van der Waals surface area contributed by atoms with Crippen LogP contribution in [-0.2, 0) is 10.8 Å². The molecule has 1 aliphatic heterocycles. The summed E-state index contributed by atoms with van der Waals surface area (Å²) in [6, 6.07) is 13.6. The molecule has 9 heteroatoms. The molecule has 3 aromatic rings. The molecule has 0 aliphatic carbocycles. The van der Waals surface area contributed by atoms with E-state index < -0.39 is 20.5 Å². The highest BCUT2D eigenvalue weighted by atomic mass is 28.4. The Morgan fingerprint density at radius 1 is 1.24 bits per heavy atom. The summed E-state index contributed by atoms with van der Waals surface area (Å²) in [5, 5.41) is 10.1. The van der Waals surface area contributed by atoms with Gasteiger partial charge in [-0.1, -0.05) is 26.8 Å². The van der Waals surface area contributed by atoms with E-state index in [2.05, 4.69) is 49.9 Å². The van der Waals surface area contributed by atoms with E-state index in [0.717, 1.165) is 41.0 Å². The average Bonchev–Trinajstić information content (AvgIpc) is 2.87. The summed E-state index contributed by atoms with van der Waals surface area (Å²) >= 11 is 0. The van der Waals surface area contributed by atoms with Crippen LogP contribution in [-0.4, -0.2) is 53.6 Å². The van der Waals surface area contributed by atoms with E-state index in [1.807, 2.05) is 36.4 Å². The number of aromatic nitrogens is 2. The number of pyridine rings is 2. The number of anilines is 1. The fourth-order valence-electron chi connectivity index (χ4n) is 4.29. The monoisotopic (exact) mass is 534 g/mol. The lowest BCUT2D eigenvalue weighted by molar-refractivity contribution is 0.0688. The Bertz CT molecular complexity index is 1250. The molecule has 8 nitrogen and oxygen atoms in total. The standard InChI is InChI=1S/C29H38N4O4Si/c1-29(2,3)38(4,5)37-27(22-7-6-14-31-16-22)19-33(28(34)35)18-24-11-8-21-15-20(9-13-26(21)36-24)25-12-10-23(30)17-32-25/h6-7,9-10,12-17,24,27H,8,11,18-19,30H2,1-5H3,(H,34,35)/t24-,27-/m1/s1. The molecule has 3 heterocycles. The molecule has 1 aliphatic rings. The highest BCUT2D eigenvalue weighted by Gasteiger charge is 2.40. The molecular formula is C29H38N4O4Si. The molecule has 0 saturated carbocycles. The van der Waals surface area contributed by atoms with Crippen molar-refractivity contribution in [2.45, 2.75) is 64.0 Å². The molecule has 4 rings (SSSR count). The van der Waals surface area contributed by atoms with E-state index in [4.69, 9.17) is 14.9 Å². The summed E-state index contributed by atoms with van der Waals surface area (Å²) in [6.45, 7) is 11.4. The predicted octanol–water partition coefficient (Wildman–Crippen LogP) is 6.16. The SMILES string of the molecule is CC(C)(C)[Si](C)(C)O[C@H](CN(C[C@H]1CCc2cc(-c3ccc(N)cn3)ccc2O1)C(=O)O)c1cccnc1. The van der Waals surface area contributed by atoms with Crippen LogP contribution in [0.3, 0.4) is 0 Å². The molecule has 1 amide bonds. The zero-order valence-corrected chi connectivity index (χ0v) is 23.8. The van der Waals surface area contributed by atoms with E-state index in [1.54, 1.807) is 18.6 Å². The Labute approximate surface area is 226 Å². The number of nitrogens with zero attached hydrogens (tertiary/aromatic N) is 3. The number of hydrogen-bond donors (Lipinski definition) is 2. The second kappa shape index (κ2) is 11.1. The second-order valence-electron chi connectivity index (χ2n) is 11.4. The van der Waals surface area contributed by atoms with E-state index in [-0.39, 0.29) is 24.2 Å². The van der Waals surface area contributed by atoms with Gasteiger partial charge in [-0.2, -0.15) is 0 Å². The highest BCUT2D eigenvalue weighted by molar-refractivity contribution is 6.74. The van der Waals surface area contributed by atoms with Crippen molar-refractivity contribution in [3.05, 3.63) is 72.2 Å². The Hall–Kier alpha value is -3.43. The molecule has 0 saturated heterocycles. The third-order valence-corrected chi connectivity index (χ3v) is 12.0. The zero-order valence-electron chi connectivity index (χ0n) is 22.8. The Morgan fingerprint density at radius 2 is 2.03 bits per heavy atom. The largest absolute Gasteiger partial charge is 0.488 e. The highest BCUT2D eigenvalue weighted by Crippen LogP contribution is 2.40. The lowest BCUT2D eigenvalue weighted by atomic mass is 9.98. The number of amides is 1. The predicted molar refractivity (Wildman–Crippen MR) is 152 cm³/mol. The average molecular weight is 535 g/mol. The summed E-state index contributed by atoms with van der Waals surface area (Å²) in [5.74, 6) is 0.784. The van der Waals surface area contributed by atoms with Gasteiger partial charge in [0.05, 0.1) is 36.8 Å². The molecule has 3 N–H and O–H groups in total. The first-order valence-corrected chi connectivity index (χ1v) is 15.9. The number of nitrogens with two attached hydrogens (primary N) is 1. The van der Waals surface area contributed by atoms with Crippen molar-refractivity contribution in [3.63, 3.8) is 0 Å². The van der Waals surface area contributed by atoms with Gasteiger partial charge in [0.25, 0.3) is 0 Å². The van der Waals surface area contributed by atoms with Crippen LogP contribution in [0.15, 0.2) is 61.1 Å². The molecule has 2 aromatic heterocycles. The van der Waals surface area contributed by atoms with Gasteiger partial charge in [0.15, 0.2) is 8.32 Å². The maximum Gasteiger partial charge on any atom is 0.407 e.